The van der Waals surface area contributed by atoms with Gasteiger partial charge in [0.2, 0.25) is 0 Å². The van der Waals surface area contributed by atoms with E-state index in [0.717, 1.165) is 38.2 Å². The monoisotopic (exact) mass is 422 g/mol. The number of nitrogens with one attached hydrogen (secondary N) is 2. The minimum absolute atomic E-state index is 0.0268. The molecule has 1 aromatic carbocycles. The molecule has 1 aliphatic heterocycles. The van der Waals surface area contributed by atoms with Gasteiger partial charge in [-0.2, -0.15) is 0 Å². The van der Waals surface area contributed by atoms with Gasteiger partial charge in [0, 0.05) is 41.6 Å². The molecule has 5 nitrogen and oxygen atoms in total. The molecule has 2 aromatic heterocycles. The van der Waals surface area contributed by atoms with E-state index in [1.54, 1.807) is 0 Å². The molecule has 0 saturated heterocycles. The molecular formula is C24H30N4OS. The number of hydrogen-bond acceptors (Lipinski definition) is 3. The fraction of sp³-hybridized carbons (Fsp3) is 0.375. The lowest BCUT2D eigenvalue weighted by molar-refractivity contribution is 0.247. The van der Waals surface area contributed by atoms with Crippen LogP contribution in [0.4, 0.5) is 10.5 Å². The zero-order valence-electron chi connectivity index (χ0n) is 17.9. The first-order valence-corrected chi connectivity index (χ1v) is 11.5. The topological polar surface area (TPSA) is 49.3 Å². The number of nitrogens with zero attached hydrogens (tertiary/aromatic N) is 2. The van der Waals surface area contributed by atoms with Gasteiger partial charge in [-0.05, 0) is 56.1 Å². The normalized spacial score (nSPS) is 14.9. The van der Waals surface area contributed by atoms with E-state index in [0.29, 0.717) is 0 Å². The smallest absolute Gasteiger partial charge is 0.319 e. The summed E-state index contributed by atoms with van der Waals surface area (Å²) in [5.41, 5.74) is 4.69. The Labute approximate surface area is 182 Å². The number of fused-ring (bicyclic) bond motifs is 1. The third-order valence-corrected chi connectivity index (χ3v) is 7.06. The Morgan fingerprint density at radius 1 is 1.17 bits per heavy atom. The molecule has 0 fully saturated rings. The SMILES string of the molecule is CC[C@H](NC(=O)Nc1ccc(C)cc1)c1c(-n2cccc2)sc2c1CCN(CC)C2. The highest BCUT2D eigenvalue weighted by molar-refractivity contribution is 7.15. The number of amides is 2. The molecular weight excluding hydrogens is 392 g/mol. The van der Waals surface area contributed by atoms with Gasteiger partial charge in [-0.1, -0.05) is 31.5 Å². The van der Waals surface area contributed by atoms with Crippen LogP contribution in [0.5, 0.6) is 0 Å². The quantitative estimate of drug-likeness (QED) is 0.551. The van der Waals surface area contributed by atoms with Crippen LogP contribution < -0.4 is 10.6 Å². The lowest BCUT2D eigenvalue weighted by Crippen LogP contribution is -2.34. The molecule has 6 heteroatoms. The van der Waals surface area contributed by atoms with Crippen molar-refractivity contribution in [2.75, 3.05) is 18.4 Å². The molecule has 158 valence electrons. The van der Waals surface area contributed by atoms with E-state index in [4.69, 9.17) is 0 Å². The Kier molecular flexibility index (Phi) is 6.25. The molecule has 2 amide bonds. The standard InChI is InChI=1S/C24H30N4OS/c1-4-20(26-24(29)25-18-10-8-17(3)9-11-18)22-19-12-15-27(5-2)16-21(19)30-23(22)28-13-6-7-14-28/h6-11,13-14,20H,4-5,12,15-16H2,1-3H3,(H2,25,26,29)/t20-/m0/s1. The maximum absolute atomic E-state index is 12.8. The van der Waals surface area contributed by atoms with E-state index < -0.39 is 0 Å². The molecule has 2 N–H and O–H groups in total. The highest BCUT2D eigenvalue weighted by atomic mass is 32.1. The molecule has 4 rings (SSSR count). The maximum Gasteiger partial charge on any atom is 0.319 e. The number of carbonyl (C=O) groups excluding carboxylic acids is 1. The second-order valence-electron chi connectivity index (χ2n) is 7.86. The van der Waals surface area contributed by atoms with Crippen LogP contribution in [0.15, 0.2) is 48.8 Å². The van der Waals surface area contributed by atoms with Gasteiger partial charge in [-0.3, -0.25) is 4.90 Å². The van der Waals surface area contributed by atoms with Gasteiger partial charge in [-0.25, -0.2) is 4.79 Å². The lowest BCUT2D eigenvalue weighted by Gasteiger charge is -2.27. The van der Waals surface area contributed by atoms with Crippen LogP contribution in [-0.2, 0) is 13.0 Å². The minimum atomic E-state index is -0.157. The molecule has 0 radical (unpaired) electrons. The Morgan fingerprint density at radius 2 is 1.90 bits per heavy atom. The Morgan fingerprint density at radius 3 is 2.57 bits per heavy atom. The summed E-state index contributed by atoms with van der Waals surface area (Å²) in [4.78, 5) is 16.7. The van der Waals surface area contributed by atoms with Gasteiger partial charge < -0.3 is 15.2 Å². The summed E-state index contributed by atoms with van der Waals surface area (Å²) in [6, 6.07) is 11.8. The highest BCUT2D eigenvalue weighted by Gasteiger charge is 2.29. The molecule has 1 aliphatic rings. The van der Waals surface area contributed by atoms with Crippen LogP contribution in [0.2, 0.25) is 0 Å². The van der Waals surface area contributed by atoms with E-state index in [1.165, 1.54) is 26.6 Å². The number of aryl methyl sites for hydroxylation is 1. The first-order valence-electron chi connectivity index (χ1n) is 10.7. The van der Waals surface area contributed by atoms with Crippen molar-refractivity contribution in [3.63, 3.8) is 0 Å². The number of carbonyl (C=O) groups is 1. The number of likely N-dealkylation sites (N-methyl/N-ethyl adjacent to an activating group) is 1. The average Bonchev–Trinajstić information content (AvgIpc) is 3.41. The van der Waals surface area contributed by atoms with Crippen LogP contribution in [0.1, 0.15) is 47.9 Å². The van der Waals surface area contributed by atoms with Crippen LogP contribution in [0.3, 0.4) is 0 Å². The molecule has 3 heterocycles. The Bertz CT molecular complexity index is 991. The van der Waals surface area contributed by atoms with Crippen LogP contribution in [0, 0.1) is 6.92 Å². The molecule has 0 spiro atoms. The molecule has 3 aromatic rings. The molecule has 0 unspecified atom stereocenters. The third kappa shape index (κ3) is 4.30. The second kappa shape index (κ2) is 9.06. The maximum atomic E-state index is 12.8. The van der Waals surface area contributed by atoms with Crippen molar-refractivity contribution in [1.82, 2.24) is 14.8 Å². The van der Waals surface area contributed by atoms with Crippen molar-refractivity contribution < 1.29 is 4.79 Å². The van der Waals surface area contributed by atoms with E-state index in [1.807, 2.05) is 42.5 Å². The fourth-order valence-electron chi connectivity index (χ4n) is 4.10. The summed E-state index contributed by atoms with van der Waals surface area (Å²) < 4.78 is 2.19. The minimum Gasteiger partial charge on any atom is -0.331 e. The van der Waals surface area contributed by atoms with Crippen molar-refractivity contribution >= 4 is 23.1 Å². The summed E-state index contributed by atoms with van der Waals surface area (Å²) in [5.74, 6) is 0. The molecule has 30 heavy (non-hydrogen) atoms. The Hall–Kier alpha value is -2.57. The van der Waals surface area contributed by atoms with Gasteiger partial charge in [0.25, 0.3) is 0 Å². The summed E-state index contributed by atoms with van der Waals surface area (Å²) in [7, 11) is 0. The number of benzene rings is 1. The first-order chi connectivity index (χ1) is 14.6. The molecule has 0 saturated carbocycles. The van der Waals surface area contributed by atoms with Crippen LogP contribution in [0.25, 0.3) is 5.00 Å². The molecule has 0 aliphatic carbocycles. The zero-order valence-corrected chi connectivity index (χ0v) is 18.8. The lowest BCUT2D eigenvalue weighted by atomic mass is 9.96. The van der Waals surface area contributed by atoms with Gasteiger partial charge in [-0.15, -0.1) is 11.3 Å². The third-order valence-electron chi connectivity index (χ3n) is 5.81. The number of hydrogen-bond donors (Lipinski definition) is 2. The second-order valence-corrected chi connectivity index (χ2v) is 8.94. The van der Waals surface area contributed by atoms with Gasteiger partial charge in [0.1, 0.15) is 5.00 Å². The van der Waals surface area contributed by atoms with Crippen molar-refractivity contribution in [1.29, 1.82) is 0 Å². The van der Waals surface area contributed by atoms with Crippen molar-refractivity contribution in [3.8, 4) is 5.00 Å². The van der Waals surface area contributed by atoms with E-state index in [9.17, 15) is 4.79 Å². The fourth-order valence-corrected chi connectivity index (χ4v) is 5.52. The molecule has 1 atom stereocenters. The largest absolute Gasteiger partial charge is 0.331 e. The predicted molar refractivity (Wildman–Crippen MR) is 125 cm³/mol. The number of thiophene rings is 1. The predicted octanol–water partition coefficient (Wildman–Crippen LogP) is 5.50. The summed E-state index contributed by atoms with van der Waals surface area (Å²) in [6.45, 7) is 9.54. The van der Waals surface area contributed by atoms with Crippen molar-refractivity contribution in [2.24, 2.45) is 0 Å². The van der Waals surface area contributed by atoms with Gasteiger partial charge >= 0.3 is 6.03 Å². The van der Waals surface area contributed by atoms with Crippen LogP contribution in [-0.4, -0.2) is 28.6 Å². The van der Waals surface area contributed by atoms with Crippen molar-refractivity contribution in [3.05, 3.63) is 70.4 Å². The summed E-state index contributed by atoms with van der Waals surface area (Å²) in [6.07, 6.45) is 6.07. The number of anilines is 1. The summed E-state index contributed by atoms with van der Waals surface area (Å²) in [5, 5.41) is 7.45. The summed E-state index contributed by atoms with van der Waals surface area (Å²) >= 11 is 1.86. The Balaban J connectivity index is 1.62. The average molecular weight is 423 g/mol. The highest BCUT2D eigenvalue weighted by Crippen LogP contribution is 2.40. The van der Waals surface area contributed by atoms with E-state index in [-0.39, 0.29) is 12.1 Å². The first kappa shape index (κ1) is 20.7. The van der Waals surface area contributed by atoms with Gasteiger partial charge in [0.05, 0.1) is 6.04 Å². The molecule has 0 bridgehead atoms. The van der Waals surface area contributed by atoms with E-state index in [2.05, 4.69) is 58.5 Å². The van der Waals surface area contributed by atoms with Crippen LogP contribution >= 0.6 is 11.3 Å². The van der Waals surface area contributed by atoms with Crippen molar-refractivity contribution in [2.45, 2.75) is 46.2 Å². The zero-order chi connectivity index (χ0) is 21.1. The van der Waals surface area contributed by atoms with Gasteiger partial charge in [0.15, 0.2) is 0 Å². The number of rotatable bonds is 6. The number of urea groups is 1. The number of aromatic nitrogens is 1. The van der Waals surface area contributed by atoms with E-state index >= 15 is 0 Å².